The summed E-state index contributed by atoms with van der Waals surface area (Å²) in [7, 11) is 0. The Kier molecular flexibility index (Phi) is 14.1. The third-order valence-electron chi connectivity index (χ3n) is 6.66. The zero-order valence-corrected chi connectivity index (χ0v) is 23.4. The topological polar surface area (TPSA) is 214 Å². The van der Waals surface area contributed by atoms with Crippen LogP contribution < -0.4 is 22.1 Å². The second-order valence-corrected chi connectivity index (χ2v) is 10.2. The van der Waals surface area contributed by atoms with Crippen molar-refractivity contribution >= 4 is 41.2 Å². The van der Waals surface area contributed by atoms with Gasteiger partial charge in [-0.05, 0) is 38.0 Å². The number of carboxylic acids is 1. The maximum absolute atomic E-state index is 13.5. The Morgan fingerprint density at radius 1 is 1.00 bits per heavy atom. The van der Waals surface area contributed by atoms with E-state index in [1.54, 1.807) is 0 Å². The second kappa shape index (κ2) is 16.5. The number of aliphatic imine (C=N–C) groups is 1. The van der Waals surface area contributed by atoms with Crippen molar-refractivity contribution in [2.75, 3.05) is 13.1 Å². The number of nitrogens with zero attached hydrogens (tertiary/aromatic N) is 2. The summed E-state index contributed by atoms with van der Waals surface area (Å²) in [6.45, 7) is 7.19. The molecule has 1 fully saturated rings. The van der Waals surface area contributed by atoms with E-state index in [9.17, 15) is 33.9 Å². The molecule has 3 amide bonds. The van der Waals surface area contributed by atoms with Gasteiger partial charge in [0.05, 0.1) is 12.5 Å². The number of nitrogens with one attached hydrogen (secondary N) is 2. The van der Waals surface area contributed by atoms with Crippen LogP contribution in [0.4, 0.5) is 0 Å². The van der Waals surface area contributed by atoms with Crippen LogP contribution in [0.5, 0.6) is 0 Å². The minimum atomic E-state index is -1.35. The normalized spacial score (nSPS) is 18.2. The highest BCUT2D eigenvalue weighted by molar-refractivity contribution is 6.38. The van der Waals surface area contributed by atoms with E-state index in [1.165, 1.54) is 4.90 Å². The van der Waals surface area contributed by atoms with Crippen molar-refractivity contribution in [1.82, 2.24) is 15.5 Å². The molecule has 39 heavy (non-hydrogen) atoms. The number of guanidine groups is 1. The van der Waals surface area contributed by atoms with E-state index in [4.69, 9.17) is 11.5 Å². The maximum atomic E-state index is 13.5. The summed E-state index contributed by atoms with van der Waals surface area (Å²) in [5, 5.41) is 14.6. The Morgan fingerprint density at radius 3 is 2.13 bits per heavy atom. The van der Waals surface area contributed by atoms with Crippen molar-refractivity contribution in [2.24, 2.45) is 28.3 Å². The smallest absolute Gasteiger partial charge is 0.305 e. The summed E-state index contributed by atoms with van der Waals surface area (Å²) in [6.07, 6.45) is 2.78. The Bertz CT molecular complexity index is 928. The molecule has 1 heterocycles. The van der Waals surface area contributed by atoms with Crippen LogP contribution in [0.25, 0.3) is 0 Å². The Hall–Kier alpha value is -3.51. The molecule has 13 nitrogen and oxygen atoms in total. The van der Waals surface area contributed by atoms with Gasteiger partial charge in [-0.15, -0.1) is 0 Å². The molecule has 0 aromatic rings. The first-order chi connectivity index (χ1) is 18.3. The summed E-state index contributed by atoms with van der Waals surface area (Å²) in [4.78, 5) is 80.6. The molecule has 4 atom stereocenters. The molecule has 1 aliphatic rings. The zero-order valence-electron chi connectivity index (χ0n) is 23.4. The van der Waals surface area contributed by atoms with Crippen molar-refractivity contribution in [1.29, 1.82) is 0 Å². The van der Waals surface area contributed by atoms with Gasteiger partial charge in [0, 0.05) is 25.9 Å². The molecule has 0 aliphatic carbocycles. The van der Waals surface area contributed by atoms with Crippen LogP contribution in [-0.2, 0) is 28.8 Å². The number of hydrogen-bond donors (Lipinski definition) is 5. The number of rotatable bonds is 17. The van der Waals surface area contributed by atoms with E-state index >= 15 is 0 Å². The predicted octanol–water partition coefficient (Wildman–Crippen LogP) is 0.0958. The van der Waals surface area contributed by atoms with Gasteiger partial charge in [0.1, 0.15) is 12.1 Å². The third-order valence-corrected chi connectivity index (χ3v) is 6.66. The van der Waals surface area contributed by atoms with Gasteiger partial charge >= 0.3 is 5.97 Å². The molecular weight excluding hydrogens is 508 g/mol. The molecule has 3 unspecified atom stereocenters. The molecule has 1 rings (SSSR count). The van der Waals surface area contributed by atoms with Crippen LogP contribution >= 0.6 is 0 Å². The largest absolute Gasteiger partial charge is 0.481 e. The molecule has 13 heteroatoms. The summed E-state index contributed by atoms with van der Waals surface area (Å²) in [5.41, 5.74) is 10.6. The van der Waals surface area contributed by atoms with Crippen LogP contribution in [0.1, 0.15) is 79.1 Å². The van der Waals surface area contributed by atoms with Gasteiger partial charge in [-0.25, -0.2) is 0 Å². The third kappa shape index (κ3) is 11.0. The van der Waals surface area contributed by atoms with Gasteiger partial charge in [0.25, 0.3) is 0 Å². The van der Waals surface area contributed by atoms with Crippen LogP contribution in [0.3, 0.4) is 0 Å². The highest BCUT2D eigenvalue weighted by Gasteiger charge is 2.42. The number of likely N-dealkylation sites (tertiary alicyclic amines) is 1. The van der Waals surface area contributed by atoms with E-state index in [0.717, 1.165) is 19.8 Å². The van der Waals surface area contributed by atoms with Crippen LogP contribution in [0.15, 0.2) is 4.99 Å². The number of amides is 3. The zero-order chi connectivity index (χ0) is 29.7. The van der Waals surface area contributed by atoms with Crippen molar-refractivity contribution < 1.29 is 33.9 Å². The van der Waals surface area contributed by atoms with Crippen LogP contribution in [-0.4, -0.2) is 82.4 Å². The SMILES string of the molecule is CCCC(CCC)C(=O)NC(CC(=O)O)C(=O)N1C[C@@H](C)CC1C(=O)NC(CCCN=C(N)N)C(=O)C(C)=O. The minimum Gasteiger partial charge on any atom is -0.481 e. The Labute approximate surface area is 229 Å². The van der Waals surface area contributed by atoms with Crippen LogP contribution in [0.2, 0.25) is 0 Å². The fraction of sp³-hybridized carbons (Fsp3) is 0.731. The van der Waals surface area contributed by atoms with Crippen molar-refractivity contribution in [2.45, 2.75) is 97.2 Å². The average molecular weight is 553 g/mol. The fourth-order valence-corrected chi connectivity index (χ4v) is 4.79. The minimum absolute atomic E-state index is 0.0948. The lowest BCUT2D eigenvalue weighted by Gasteiger charge is -2.30. The Balaban J connectivity index is 3.11. The summed E-state index contributed by atoms with van der Waals surface area (Å²) >= 11 is 0. The van der Waals surface area contributed by atoms with Gasteiger partial charge in [-0.2, -0.15) is 0 Å². The average Bonchev–Trinajstić information content (AvgIpc) is 3.25. The molecule has 0 bridgehead atoms. The van der Waals surface area contributed by atoms with Crippen molar-refractivity contribution in [3.05, 3.63) is 0 Å². The van der Waals surface area contributed by atoms with Gasteiger partial charge in [-0.3, -0.25) is 33.8 Å². The number of carbonyl (C=O) groups is 6. The lowest BCUT2D eigenvalue weighted by molar-refractivity contribution is -0.146. The van der Waals surface area contributed by atoms with Gasteiger partial charge in [0.15, 0.2) is 11.7 Å². The molecule has 1 saturated heterocycles. The monoisotopic (exact) mass is 552 g/mol. The second-order valence-electron chi connectivity index (χ2n) is 10.2. The maximum Gasteiger partial charge on any atom is 0.305 e. The first-order valence-corrected chi connectivity index (χ1v) is 13.5. The number of Topliss-reactive ketones (excluding diaryl/α,β-unsaturated/α-hetero) is 2. The van der Waals surface area contributed by atoms with Crippen molar-refractivity contribution in [3.63, 3.8) is 0 Å². The fourth-order valence-electron chi connectivity index (χ4n) is 4.79. The van der Waals surface area contributed by atoms with E-state index in [-0.39, 0.29) is 49.6 Å². The highest BCUT2D eigenvalue weighted by Crippen LogP contribution is 2.25. The number of ketones is 2. The molecule has 1 aliphatic heterocycles. The first kappa shape index (κ1) is 33.5. The summed E-state index contributed by atoms with van der Waals surface area (Å²) in [5.74, 6) is -5.05. The number of nitrogens with two attached hydrogens (primary N) is 2. The van der Waals surface area contributed by atoms with E-state index in [2.05, 4.69) is 15.6 Å². The first-order valence-electron chi connectivity index (χ1n) is 13.5. The molecule has 0 radical (unpaired) electrons. The van der Waals surface area contributed by atoms with E-state index in [0.29, 0.717) is 19.3 Å². The summed E-state index contributed by atoms with van der Waals surface area (Å²) in [6, 6.07) is -3.47. The molecule has 0 aromatic heterocycles. The molecule has 0 aromatic carbocycles. The lowest BCUT2D eigenvalue weighted by Crippen LogP contribution is -2.56. The molecule has 0 saturated carbocycles. The van der Waals surface area contributed by atoms with Gasteiger partial charge in [0.2, 0.25) is 23.5 Å². The molecule has 0 spiro atoms. The molecule has 220 valence electrons. The quantitative estimate of drug-likeness (QED) is 0.0714. The van der Waals surface area contributed by atoms with E-state index < -0.39 is 53.9 Å². The Morgan fingerprint density at radius 2 is 1.62 bits per heavy atom. The van der Waals surface area contributed by atoms with Crippen molar-refractivity contribution in [3.8, 4) is 0 Å². The van der Waals surface area contributed by atoms with Gasteiger partial charge < -0.3 is 32.1 Å². The number of aliphatic carboxylic acids is 1. The predicted molar refractivity (Wildman–Crippen MR) is 144 cm³/mol. The van der Waals surface area contributed by atoms with Crippen LogP contribution in [0, 0.1) is 11.8 Å². The standard InChI is InChI=1S/C26H44N6O7/c1-5-8-17(9-6-2)23(37)31-19(13-21(34)35)25(39)32-14-15(3)12-20(32)24(38)30-18(22(36)16(4)33)10-7-11-29-26(27)28/h15,17-20H,5-14H2,1-4H3,(H,30,38)(H,31,37)(H,34,35)(H4,27,28,29)/t15-,18?,19?,20?/m0/s1. The number of hydrogen-bond acceptors (Lipinski definition) is 7. The van der Waals surface area contributed by atoms with Gasteiger partial charge in [-0.1, -0.05) is 33.6 Å². The highest BCUT2D eigenvalue weighted by atomic mass is 16.4. The van der Waals surface area contributed by atoms with E-state index in [1.807, 2.05) is 20.8 Å². The number of carbonyl (C=O) groups excluding carboxylic acids is 5. The summed E-state index contributed by atoms with van der Waals surface area (Å²) < 4.78 is 0. The molecular formula is C26H44N6O7. The molecule has 7 N–H and O–H groups in total. The lowest BCUT2D eigenvalue weighted by atomic mass is 9.96. The number of carboxylic acid groups (broad SMARTS) is 1.